The maximum Gasteiger partial charge on any atom is 0.251 e. The Morgan fingerprint density at radius 2 is 2.10 bits per heavy atom. The number of nitrogens with two attached hydrogens (primary N) is 1. The third-order valence-corrected chi connectivity index (χ3v) is 3.49. The number of primary sulfonamides is 1. The van der Waals surface area contributed by atoms with Crippen LogP contribution in [0.4, 0.5) is 4.39 Å². The van der Waals surface area contributed by atoms with Crippen molar-refractivity contribution in [2.24, 2.45) is 5.14 Å². The van der Waals surface area contributed by atoms with Crippen molar-refractivity contribution in [1.29, 1.82) is 0 Å². The van der Waals surface area contributed by atoms with Crippen molar-refractivity contribution in [2.45, 2.75) is 24.8 Å². The molecule has 6 nitrogen and oxygen atoms in total. The minimum absolute atomic E-state index is 0.0240. The normalized spacial score (nSPS) is 13.1. The maximum absolute atomic E-state index is 13.7. The summed E-state index contributed by atoms with van der Waals surface area (Å²) in [6.07, 6.45) is 0. The molecule has 1 aromatic rings. The van der Waals surface area contributed by atoms with Gasteiger partial charge in [0.15, 0.2) is 0 Å². The maximum atomic E-state index is 13.7. The van der Waals surface area contributed by atoms with Crippen LogP contribution in [0.1, 0.15) is 22.8 Å². The number of rotatable bonds is 5. The van der Waals surface area contributed by atoms with E-state index in [9.17, 15) is 17.6 Å². The van der Waals surface area contributed by atoms with Gasteiger partial charge in [-0.15, -0.1) is 0 Å². The van der Waals surface area contributed by atoms with Gasteiger partial charge in [0.1, 0.15) is 10.7 Å². The highest BCUT2D eigenvalue weighted by atomic mass is 32.2. The fraction of sp³-hybridized carbons (Fsp3) is 0.417. The zero-order chi connectivity index (χ0) is 15.5. The van der Waals surface area contributed by atoms with E-state index in [0.29, 0.717) is 6.61 Å². The fourth-order valence-electron chi connectivity index (χ4n) is 1.67. The third kappa shape index (κ3) is 3.99. The van der Waals surface area contributed by atoms with E-state index in [1.807, 2.05) is 0 Å². The molecule has 1 amide bonds. The number of methoxy groups -OCH3 is 1. The van der Waals surface area contributed by atoms with Crippen molar-refractivity contribution in [3.8, 4) is 0 Å². The van der Waals surface area contributed by atoms with E-state index in [2.05, 4.69) is 5.32 Å². The Labute approximate surface area is 117 Å². The van der Waals surface area contributed by atoms with Crippen LogP contribution in [0.3, 0.4) is 0 Å². The van der Waals surface area contributed by atoms with Crippen molar-refractivity contribution in [2.75, 3.05) is 13.7 Å². The van der Waals surface area contributed by atoms with Crippen LogP contribution < -0.4 is 10.5 Å². The van der Waals surface area contributed by atoms with E-state index in [1.165, 1.54) is 20.1 Å². The predicted molar refractivity (Wildman–Crippen MR) is 71.3 cm³/mol. The average Bonchev–Trinajstić information content (AvgIpc) is 2.30. The molecule has 0 aliphatic heterocycles. The van der Waals surface area contributed by atoms with Gasteiger partial charge in [0.2, 0.25) is 10.0 Å². The second-order valence-electron chi connectivity index (χ2n) is 4.48. The van der Waals surface area contributed by atoms with E-state index in [-0.39, 0.29) is 17.2 Å². The first-order valence-electron chi connectivity index (χ1n) is 5.79. The first-order valence-corrected chi connectivity index (χ1v) is 7.34. The highest BCUT2D eigenvalue weighted by Gasteiger charge is 2.20. The predicted octanol–water partition coefficient (Wildman–Crippen LogP) is 0.546. The van der Waals surface area contributed by atoms with Crippen LogP contribution in [-0.4, -0.2) is 34.1 Å². The summed E-state index contributed by atoms with van der Waals surface area (Å²) in [5, 5.41) is 7.53. The molecule has 0 aliphatic rings. The second kappa shape index (κ2) is 6.29. The molecule has 0 saturated carbocycles. The van der Waals surface area contributed by atoms with Crippen LogP contribution in [0, 0.1) is 12.7 Å². The van der Waals surface area contributed by atoms with Gasteiger partial charge in [0, 0.05) is 18.7 Å². The summed E-state index contributed by atoms with van der Waals surface area (Å²) < 4.78 is 41.2. The van der Waals surface area contributed by atoms with Gasteiger partial charge < -0.3 is 10.1 Å². The van der Waals surface area contributed by atoms with Gasteiger partial charge in [-0.25, -0.2) is 17.9 Å². The van der Waals surface area contributed by atoms with Crippen LogP contribution in [0.5, 0.6) is 0 Å². The Balaban J connectivity index is 3.15. The van der Waals surface area contributed by atoms with Gasteiger partial charge in [0.25, 0.3) is 5.91 Å². The lowest BCUT2D eigenvalue weighted by atomic mass is 10.1. The molecule has 1 aromatic carbocycles. The summed E-state index contributed by atoms with van der Waals surface area (Å²) in [5.74, 6) is -1.48. The molecule has 1 unspecified atom stereocenters. The zero-order valence-electron chi connectivity index (χ0n) is 11.4. The lowest BCUT2D eigenvalue weighted by Gasteiger charge is -2.14. The number of amides is 1. The van der Waals surface area contributed by atoms with E-state index < -0.39 is 26.6 Å². The van der Waals surface area contributed by atoms with E-state index in [4.69, 9.17) is 9.88 Å². The molecule has 0 heterocycles. The fourth-order valence-corrected chi connectivity index (χ4v) is 2.38. The molecule has 1 atom stereocenters. The van der Waals surface area contributed by atoms with Crippen molar-refractivity contribution in [3.63, 3.8) is 0 Å². The van der Waals surface area contributed by atoms with Crippen molar-refractivity contribution in [1.82, 2.24) is 5.32 Å². The minimum atomic E-state index is -4.23. The second-order valence-corrected chi connectivity index (χ2v) is 6.01. The zero-order valence-corrected chi connectivity index (χ0v) is 12.3. The molecule has 0 saturated heterocycles. The van der Waals surface area contributed by atoms with Gasteiger partial charge >= 0.3 is 0 Å². The van der Waals surface area contributed by atoms with Crippen LogP contribution in [0.15, 0.2) is 17.0 Å². The van der Waals surface area contributed by atoms with Gasteiger partial charge in [-0.1, -0.05) is 0 Å². The lowest BCUT2D eigenvalue weighted by molar-refractivity contribution is 0.0905. The van der Waals surface area contributed by atoms with Crippen LogP contribution >= 0.6 is 0 Å². The van der Waals surface area contributed by atoms with Crippen molar-refractivity contribution >= 4 is 15.9 Å². The summed E-state index contributed by atoms with van der Waals surface area (Å²) >= 11 is 0. The number of aryl methyl sites for hydroxylation is 1. The Morgan fingerprint density at radius 3 is 2.60 bits per heavy atom. The molecule has 0 bridgehead atoms. The van der Waals surface area contributed by atoms with Crippen molar-refractivity contribution < 1.29 is 22.3 Å². The number of benzene rings is 1. The van der Waals surface area contributed by atoms with Crippen molar-refractivity contribution in [3.05, 3.63) is 29.1 Å². The summed E-state index contributed by atoms with van der Waals surface area (Å²) in [6.45, 7) is 3.38. The standard InChI is InChI=1S/C12H17FN2O4S/c1-7-4-9(12(16)15-8(2)6-19-3)5-10(11(7)13)20(14,17)18/h4-5,8H,6H2,1-3H3,(H,15,16)(H2,14,17,18). The SMILES string of the molecule is COCC(C)NC(=O)c1cc(C)c(F)c(S(N)(=O)=O)c1. The number of halogens is 1. The van der Waals surface area contributed by atoms with E-state index in [0.717, 1.165) is 6.07 Å². The number of sulfonamides is 1. The summed E-state index contributed by atoms with van der Waals surface area (Å²) in [5.41, 5.74) is 0.0527. The molecule has 0 fully saturated rings. The van der Waals surface area contributed by atoms with Crippen LogP contribution in [0.25, 0.3) is 0 Å². The van der Waals surface area contributed by atoms with E-state index in [1.54, 1.807) is 6.92 Å². The van der Waals surface area contributed by atoms with Crippen LogP contribution in [-0.2, 0) is 14.8 Å². The summed E-state index contributed by atoms with van der Waals surface area (Å²) in [4.78, 5) is 11.3. The Kier molecular flexibility index (Phi) is 5.21. The third-order valence-electron chi connectivity index (χ3n) is 2.58. The lowest BCUT2D eigenvalue weighted by Crippen LogP contribution is -2.35. The number of nitrogens with one attached hydrogen (secondary N) is 1. The average molecular weight is 304 g/mol. The molecule has 20 heavy (non-hydrogen) atoms. The van der Waals surface area contributed by atoms with Crippen LogP contribution in [0.2, 0.25) is 0 Å². The minimum Gasteiger partial charge on any atom is -0.383 e. The molecule has 0 spiro atoms. The Morgan fingerprint density at radius 1 is 1.50 bits per heavy atom. The summed E-state index contributed by atoms with van der Waals surface area (Å²) in [6, 6.07) is 1.92. The molecule has 0 radical (unpaired) electrons. The Hall–Kier alpha value is -1.51. The van der Waals surface area contributed by atoms with E-state index >= 15 is 0 Å². The Bertz CT molecular complexity index is 616. The molecular formula is C12H17FN2O4S. The highest BCUT2D eigenvalue weighted by molar-refractivity contribution is 7.89. The monoisotopic (exact) mass is 304 g/mol. The quantitative estimate of drug-likeness (QED) is 0.829. The number of carbonyl (C=O) groups is 1. The topological polar surface area (TPSA) is 98.5 Å². The molecular weight excluding hydrogens is 287 g/mol. The highest BCUT2D eigenvalue weighted by Crippen LogP contribution is 2.19. The first-order chi connectivity index (χ1) is 9.16. The molecule has 1 rings (SSSR count). The molecule has 112 valence electrons. The largest absolute Gasteiger partial charge is 0.383 e. The first kappa shape index (κ1) is 16.5. The number of carbonyl (C=O) groups excluding carboxylic acids is 1. The molecule has 0 aliphatic carbocycles. The number of hydrogen-bond acceptors (Lipinski definition) is 4. The molecule has 8 heteroatoms. The van der Waals surface area contributed by atoms with Gasteiger partial charge in [0.05, 0.1) is 6.61 Å². The smallest absolute Gasteiger partial charge is 0.251 e. The molecule has 3 N–H and O–H groups in total. The number of hydrogen-bond donors (Lipinski definition) is 2. The van der Waals surface area contributed by atoms with Gasteiger partial charge in [-0.3, -0.25) is 4.79 Å². The van der Waals surface area contributed by atoms with Gasteiger partial charge in [-0.2, -0.15) is 0 Å². The van der Waals surface area contributed by atoms with Gasteiger partial charge in [-0.05, 0) is 31.5 Å². The summed E-state index contributed by atoms with van der Waals surface area (Å²) in [7, 11) is -2.74. The molecule has 0 aromatic heterocycles. The number of ether oxygens (including phenoxy) is 1.